The van der Waals surface area contributed by atoms with E-state index in [1.165, 1.54) is 18.2 Å². The minimum atomic E-state index is -4.40. The Kier molecular flexibility index (Phi) is 4.85. The molecule has 0 bridgehead atoms. The summed E-state index contributed by atoms with van der Waals surface area (Å²) in [6.45, 7) is 8.19. The second kappa shape index (κ2) is 5.82. The largest absolute Gasteiger partial charge is 0.489 e. The molecule has 0 aromatic heterocycles. The number of benzene rings is 1. The monoisotopic (exact) mass is 275 g/mol. The fraction of sp³-hybridized carbons (Fsp3) is 0.571. The standard InChI is InChI=1S/C14H20F3NO/c1-10(9-18-13(2,3)4)19-12-8-6-5-7-11(12)14(15,16)17/h5-8,10,18H,9H2,1-4H3. The van der Waals surface area contributed by atoms with Crippen molar-refractivity contribution in [2.45, 2.75) is 45.5 Å². The van der Waals surface area contributed by atoms with Gasteiger partial charge in [0.25, 0.3) is 0 Å². The smallest absolute Gasteiger partial charge is 0.419 e. The van der Waals surface area contributed by atoms with E-state index in [0.717, 1.165) is 6.07 Å². The summed E-state index contributed by atoms with van der Waals surface area (Å²) in [6.07, 6.45) is -4.74. The molecular weight excluding hydrogens is 255 g/mol. The highest BCUT2D eigenvalue weighted by molar-refractivity contribution is 5.35. The first-order valence-electron chi connectivity index (χ1n) is 6.17. The van der Waals surface area contributed by atoms with Crippen LogP contribution >= 0.6 is 0 Å². The molecule has 1 N–H and O–H groups in total. The predicted molar refractivity (Wildman–Crippen MR) is 69.3 cm³/mol. The molecule has 5 heteroatoms. The Labute approximate surface area is 112 Å². The third-order valence-corrected chi connectivity index (χ3v) is 2.44. The van der Waals surface area contributed by atoms with Crippen molar-refractivity contribution in [3.8, 4) is 5.75 Å². The summed E-state index contributed by atoms with van der Waals surface area (Å²) in [5.41, 5.74) is -0.834. The summed E-state index contributed by atoms with van der Waals surface area (Å²) in [7, 11) is 0. The number of hydrogen-bond acceptors (Lipinski definition) is 2. The summed E-state index contributed by atoms with van der Waals surface area (Å²) in [4.78, 5) is 0. The maximum absolute atomic E-state index is 12.8. The molecule has 1 aromatic carbocycles. The van der Waals surface area contributed by atoms with Crippen LogP contribution in [-0.4, -0.2) is 18.2 Å². The van der Waals surface area contributed by atoms with Gasteiger partial charge in [-0.05, 0) is 39.8 Å². The van der Waals surface area contributed by atoms with Gasteiger partial charge >= 0.3 is 6.18 Å². The SMILES string of the molecule is CC(CNC(C)(C)C)Oc1ccccc1C(F)(F)F. The van der Waals surface area contributed by atoms with Crippen LogP contribution in [0.3, 0.4) is 0 Å². The van der Waals surface area contributed by atoms with Crippen LogP contribution in [0.15, 0.2) is 24.3 Å². The molecule has 19 heavy (non-hydrogen) atoms. The topological polar surface area (TPSA) is 21.3 Å². The van der Waals surface area contributed by atoms with Gasteiger partial charge in [-0.1, -0.05) is 12.1 Å². The summed E-state index contributed by atoms with van der Waals surface area (Å²) in [5.74, 6) is -0.127. The molecule has 1 rings (SSSR count). The zero-order valence-corrected chi connectivity index (χ0v) is 11.6. The van der Waals surface area contributed by atoms with Gasteiger partial charge in [-0.15, -0.1) is 0 Å². The van der Waals surface area contributed by atoms with Crippen molar-refractivity contribution in [2.75, 3.05) is 6.54 Å². The third kappa shape index (κ3) is 5.51. The zero-order chi connectivity index (χ0) is 14.7. The van der Waals surface area contributed by atoms with E-state index in [0.29, 0.717) is 6.54 Å². The van der Waals surface area contributed by atoms with Gasteiger partial charge in [-0.3, -0.25) is 0 Å². The Morgan fingerprint density at radius 2 is 1.74 bits per heavy atom. The molecular formula is C14H20F3NO. The van der Waals surface area contributed by atoms with Crippen molar-refractivity contribution in [1.82, 2.24) is 5.32 Å². The molecule has 0 radical (unpaired) electrons. The van der Waals surface area contributed by atoms with Crippen LogP contribution in [-0.2, 0) is 6.18 Å². The molecule has 0 saturated heterocycles. The summed E-state index contributed by atoms with van der Waals surface area (Å²) < 4.78 is 43.7. The third-order valence-electron chi connectivity index (χ3n) is 2.44. The zero-order valence-electron chi connectivity index (χ0n) is 11.6. The van der Waals surface area contributed by atoms with Crippen molar-refractivity contribution < 1.29 is 17.9 Å². The summed E-state index contributed by atoms with van der Waals surface area (Å²) in [5, 5.41) is 3.19. The number of ether oxygens (including phenoxy) is 1. The summed E-state index contributed by atoms with van der Waals surface area (Å²) >= 11 is 0. The predicted octanol–water partition coefficient (Wildman–Crippen LogP) is 3.86. The van der Waals surface area contributed by atoms with E-state index >= 15 is 0 Å². The number of halogens is 3. The second-order valence-corrected chi connectivity index (χ2v) is 5.55. The van der Waals surface area contributed by atoms with Gasteiger partial charge in [-0.25, -0.2) is 0 Å². The molecule has 2 nitrogen and oxygen atoms in total. The molecule has 0 aliphatic rings. The van der Waals surface area contributed by atoms with Gasteiger partial charge in [0.05, 0.1) is 5.56 Å². The second-order valence-electron chi connectivity index (χ2n) is 5.55. The Bertz CT molecular complexity index is 410. The summed E-state index contributed by atoms with van der Waals surface area (Å²) in [6, 6.07) is 5.26. The first-order valence-corrected chi connectivity index (χ1v) is 6.17. The van der Waals surface area contributed by atoms with Crippen molar-refractivity contribution >= 4 is 0 Å². The van der Waals surface area contributed by atoms with E-state index in [1.807, 2.05) is 20.8 Å². The molecule has 1 unspecified atom stereocenters. The van der Waals surface area contributed by atoms with E-state index in [2.05, 4.69) is 5.32 Å². The van der Waals surface area contributed by atoms with Crippen LogP contribution in [0, 0.1) is 0 Å². The maximum atomic E-state index is 12.8. The molecule has 0 fully saturated rings. The first-order chi connectivity index (χ1) is 8.59. The van der Waals surface area contributed by atoms with Crippen LogP contribution in [0.5, 0.6) is 5.75 Å². The highest BCUT2D eigenvalue weighted by Gasteiger charge is 2.34. The lowest BCUT2D eigenvalue weighted by molar-refractivity contribution is -0.139. The van der Waals surface area contributed by atoms with Crippen molar-refractivity contribution in [1.29, 1.82) is 0 Å². The highest BCUT2D eigenvalue weighted by atomic mass is 19.4. The van der Waals surface area contributed by atoms with Gasteiger partial charge in [0.1, 0.15) is 11.9 Å². The number of para-hydroxylation sites is 1. The Hall–Kier alpha value is -1.23. The Balaban J connectivity index is 2.72. The van der Waals surface area contributed by atoms with Crippen molar-refractivity contribution in [3.63, 3.8) is 0 Å². The van der Waals surface area contributed by atoms with E-state index in [4.69, 9.17) is 4.74 Å². The Morgan fingerprint density at radius 1 is 1.16 bits per heavy atom. The first kappa shape index (κ1) is 15.8. The van der Waals surface area contributed by atoms with E-state index in [1.54, 1.807) is 6.92 Å². The van der Waals surface area contributed by atoms with Crippen molar-refractivity contribution in [3.05, 3.63) is 29.8 Å². The normalized spacial score (nSPS) is 14.3. The van der Waals surface area contributed by atoms with Crippen LogP contribution in [0.4, 0.5) is 13.2 Å². The Morgan fingerprint density at radius 3 is 2.26 bits per heavy atom. The molecule has 0 aliphatic carbocycles. The van der Waals surface area contributed by atoms with Gasteiger partial charge in [-0.2, -0.15) is 13.2 Å². The number of hydrogen-bond donors (Lipinski definition) is 1. The average molecular weight is 275 g/mol. The fourth-order valence-corrected chi connectivity index (χ4v) is 1.51. The molecule has 0 heterocycles. The van der Waals surface area contributed by atoms with Gasteiger partial charge in [0.15, 0.2) is 0 Å². The maximum Gasteiger partial charge on any atom is 0.419 e. The van der Waals surface area contributed by atoms with E-state index in [9.17, 15) is 13.2 Å². The molecule has 0 saturated carbocycles. The van der Waals surface area contributed by atoms with E-state index in [-0.39, 0.29) is 17.4 Å². The lowest BCUT2D eigenvalue weighted by Crippen LogP contribution is -2.41. The van der Waals surface area contributed by atoms with Crippen LogP contribution < -0.4 is 10.1 Å². The number of alkyl halides is 3. The van der Waals surface area contributed by atoms with Gasteiger partial charge < -0.3 is 10.1 Å². The van der Waals surface area contributed by atoms with Crippen LogP contribution in [0.25, 0.3) is 0 Å². The lowest BCUT2D eigenvalue weighted by Gasteiger charge is -2.24. The van der Waals surface area contributed by atoms with Crippen LogP contribution in [0.1, 0.15) is 33.3 Å². The minimum absolute atomic E-state index is 0.0961. The van der Waals surface area contributed by atoms with Crippen LogP contribution in [0.2, 0.25) is 0 Å². The van der Waals surface area contributed by atoms with E-state index < -0.39 is 11.7 Å². The quantitative estimate of drug-likeness (QED) is 0.901. The number of nitrogens with one attached hydrogen (secondary N) is 1. The molecule has 0 aliphatic heterocycles. The highest BCUT2D eigenvalue weighted by Crippen LogP contribution is 2.36. The van der Waals surface area contributed by atoms with Gasteiger partial charge in [0.2, 0.25) is 0 Å². The minimum Gasteiger partial charge on any atom is -0.489 e. The molecule has 1 atom stereocenters. The molecule has 108 valence electrons. The van der Waals surface area contributed by atoms with Gasteiger partial charge in [0, 0.05) is 12.1 Å². The number of rotatable bonds is 4. The van der Waals surface area contributed by atoms with Crippen molar-refractivity contribution in [2.24, 2.45) is 0 Å². The molecule has 0 amide bonds. The molecule has 1 aromatic rings. The fourth-order valence-electron chi connectivity index (χ4n) is 1.51. The molecule has 0 spiro atoms. The lowest BCUT2D eigenvalue weighted by atomic mass is 10.1. The average Bonchev–Trinajstić information content (AvgIpc) is 2.25.